The lowest BCUT2D eigenvalue weighted by molar-refractivity contribution is -0.172. The molecule has 1 saturated heterocycles. The third-order valence-electron chi connectivity index (χ3n) is 7.42. The summed E-state index contributed by atoms with van der Waals surface area (Å²) in [6.45, 7) is 4.32. The van der Waals surface area contributed by atoms with Crippen molar-refractivity contribution in [2.24, 2.45) is 11.3 Å². The van der Waals surface area contributed by atoms with Crippen LogP contribution in [-0.2, 0) is 14.3 Å². The van der Waals surface area contributed by atoms with Gasteiger partial charge in [0.15, 0.2) is 0 Å². The highest BCUT2D eigenvalue weighted by Gasteiger charge is 2.53. The number of nitrogens with one attached hydrogen (secondary N) is 1. The largest absolute Gasteiger partial charge is 0.480 e. The molecule has 2 aliphatic carbocycles. The maximum absolute atomic E-state index is 12.9. The van der Waals surface area contributed by atoms with Crippen molar-refractivity contribution in [2.75, 3.05) is 13.2 Å². The molecule has 7 heteroatoms. The summed E-state index contributed by atoms with van der Waals surface area (Å²) in [5, 5.41) is 12.4. The number of amides is 2. The van der Waals surface area contributed by atoms with Gasteiger partial charge in [-0.3, -0.25) is 4.79 Å². The fraction of sp³-hybridized carbons (Fsp3) is 0.444. The molecule has 5 rings (SSSR count). The molecular weight excluding hydrogens is 432 g/mol. The fourth-order valence-electron chi connectivity index (χ4n) is 5.56. The minimum Gasteiger partial charge on any atom is -0.480 e. The van der Waals surface area contributed by atoms with Crippen LogP contribution in [0.4, 0.5) is 4.79 Å². The molecule has 2 aromatic carbocycles. The van der Waals surface area contributed by atoms with Crippen LogP contribution in [0.5, 0.6) is 0 Å². The second-order valence-electron chi connectivity index (χ2n) is 10.4. The predicted molar refractivity (Wildman–Crippen MR) is 126 cm³/mol. The van der Waals surface area contributed by atoms with Gasteiger partial charge >= 0.3 is 12.1 Å². The average molecular weight is 463 g/mol. The van der Waals surface area contributed by atoms with Crippen LogP contribution >= 0.6 is 0 Å². The number of aliphatic carboxylic acids is 1. The van der Waals surface area contributed by atoms with Crippen molar-refractivity contribution in [3.63, 3.8) is 0 Å². The number of likely N-dealkylation sites (tertiary alicyclic amines) is 1. The van der Waals surface area contributed by atoms with Crippen molar-refractivity contribution in [3.8, 4) is 11.1 Å². The summed E-state index contributed by atoms with van der Waals surface area (Å²) in [7, 11) is 0. The minimum absolute atomic E-state index is 0.0289. The molecule has 0 radical (unpaired) electrons. The summed E-state index contributed by atoms with van der Waals surface area (Å²) in [4.78, 5) is 38.6. The molecular formula is C27H30N2O5. The lowest BCUT2D eigenvalue weighted by Crippen LogP contribution is -2.67. The second kappa shape index (κ2) is 8.46. The van der Waals surface area contributed by atoms with Gasteiger partial charge in [0.2, 0.25) is 5.91 Å². The number of hydrogen-bond donors (Lipinski definition) is 2. The summed E-state index contributed by atoms with van der Waals surface area (Å²) in [5.41, 5.74) is 4.17. The van der Waals surface area contributed by atoms with Crippen LogP contribution in [-0.4, -0.2) is 53.2 Å². The third-order valence-corrected chi connectivity index (χ3v) is 7.42. The van der Waals surface area contributed by atoms with E-state index in [1.165, 1.54) is 16.0 Å². The van der Waals surface area contributed by atoms with Crippen molar-refractivity contribution >= 4 is 18.0 Å². The van der Waals surface area contributed by atoms with Crippen molar-refractivity contribution in [1.82, 2.24) is 10.2 Å². The highest BCUT2D eigenvalue weighted by Crippen LogP contribution is 2.44. The number of carboxylic acids is 1. The number of carboxylic acid groups (broad SMARTS) is 1. The first-order valence-corrected chi connectivity index (χ1v) is 11.9. The molecule has 0 bridgehead atoms. The third kappa shape index (κ3) is 4.04. The average Bonchev–Trinajstić information content (AvgIpc) is 3.58. The Labute approximate surface area is 199 Å². The molecule has 0 spiro atoms. The Bertz CT molecular complexity index is 1090. The molecule has 7 nitrogen and oxygen atoms in total. The second-order valence-corrected chi connectivity index (χ2v) is 10.4. The fourth-order valence-corrected chi connectivity index (χ4v) is 5.56. The van der Waals surface area contributed by atoms with E-state index >= 15 is 0 Å². The highest BCUT2D eigenvalue weighted by molar-refractivity contribution is 5.87. The number of hydrogen-bond acceptors (Lipinski definition) is 4. The Morgan fingerprint density at radius 2 is 1.65 bits per heavy atom. The lowest BCUT2D eigenvalue weighted by Gasteiger charge is -2.52. The number of carbonyl (C=O) groups is 3. The van der Waals surface area contributed by atoms with Crippen molar-refractivity contribution in [1.29, 1.82) is 0 Å². The van der Waals surface area contributed by atoms with Crippen molar-refractivity contribution in [2.45, 2.75) is 51.1 Å². The van der Waals surface area contributed by atoms with E-state index in [4.69, 9.17) is 4.74 Å². The van der Waals surface area contributed by atoms with E-state index in [9.17, 15) is 19.5 Å². The van der Waals surface area contributed by atoms with Gasteiger partial charge in [-0.05, 0) is 41.0 Å². The number of rotatable bonds is 7. The van der Waals surface area contributed by atoms with Crippen LogP contribution in [0.3, 0.4) is 0 Å². The van der Waals surface area contributed by atoms with Gasteiger partial charge < -0.3 is 20.1 Å². The number of fused-ring (bicyclic) bond motifs is 3. The van der Waals surface area contributed by atoms with Gasteiger partial charge in [0.1, 0.15) is 12.6 Å². The Kier molecular flexibility index (Phi) is 5.58. The molecule has 1 heterocycles. The summed E-state index contributed by atoms with van der Waals surface area (Å²) in [6, 6.07) is 15.2. The number of benzene rings is 2. The van der Waals surface area contributed by atoms with Crippen LogP contribution in [0.25, 0.3) is 11.1 Å². The molecule has 0 aromatic heterocycles. The molecule has 2 fully saturated rings. The van der Waals surface area contributed by atoms with E-state index in [1.807, 2.05) is 38.1 Å². The number of carbonyl (C=O) groups excluding carboxylic acids is 2. The van der Waals surface area contributed by atoms with E-state index in [0.717, 1.165) is 24.0 Å². The Balaban J connectivity index is 1.21. The number of nitrogens with zero attached hydrogens (tertiary/aromatic N) is 1. The molecule has 3 aliphatic rings. The summed E-state index contributed by atoms with van der Waals surface area (Å²) >= 11 is 0. The molecule has 2 amide bonds. The molecule has 2 unspecified atom stereocenters. The van der Waals surface area contributed by atoms with Gasteiger partial charge in [-0.15, -0.1) is 0 Å². The number of alkyl carbamates (subject to hydrolysis) is 1. The van der Waals surface area contributed by atoms with Crippen LogP contribution in [0.15, 0.2) is 48.5 Å². The normalized spacial score (nSPS) is 21.1. The zero-order valence-electron chi connectivity index (χ0n) is 19.5. The van der Waals surface area contributed by atoms with E-state index in [2.05, 4.69) is 29.6 Å². The van der Waals surface area contributed by atoms with Crippen LogP contribution < -0.4 is 5.32 Å². The van der Waals surface area contributed by atoms with Gasteiger partial charge in [0, 0.05) is 30.3 Å². The smallest absolute Gasteiger partial charge is 0.407 e. The van der Waals surface area contributed by atoms with Crippen molar-refractivity contribution < 1.29 is 24.2 Å². The first kappa shape index (κ1) is 22.4. The quantitative estimate of drug-likeness (QED) is 0.648. The van der Waals surface area contributed by atoms with E-state index in [0.29, 0.717) is 6.54 Å². The SMILES string of the molecule is CC1(C)CN(C(=O)CC(NC(=O)OCC2c3ccccc3-c3ccccc32)C2CC2)C1C(=O)O. The minimum atomic E-state index is -0.989. The molecule has 34 heavy (non-hydrogen) atoms. The molecule has 178 valence electrons. The Morgan fingerprint density at radius 1 is 1.06 bits per heavy atom. The van der Waals surface area contributed by atoms with Gasteiger partial charge in [-0.25, -0.2) is 9.59 Å². The van der Waals surface area contributed by atoms with Crippen LogP contribution in [0.2, 0.25) is 0 Å². The predicted octanol–water partition coefficient (Wildman–Crippen LogP) is 4.02. The van der Waals surface area contributed by atoms with Crippen LogP contribution in [0.1, 0.15) is 50.2 Å². The first-order valence-electron chi connectivity index (χ1n) is 11.9. The van der Waals surface area contributed by atoms with E-state index in [1.54, 1.807) is 0 Å². The Morgan fingerprint density at radius 3 is 2.18 bits per heavy atom. The monoisotopic (exact) mass is 462 g/mol. The molecule has 1 saturated carbocycles. The summed E-state index contributed by atoms with van der Waals surface area (Å²) < 4.78 is 5.65. The lowest BCUT2D eigenvalue weighted by atomic mass is 9.74. The molecule has 2 atom stereocenters. The van der Waals surface area contributed by atoms with Gasteiger partial charge in [0.05, 0.1) is 0 Å². The van der Waals surface area contributed by atoms with Gasteiger partial charge in [-0.1, -0.05) is 62.4 Å². The zero-order chi connectivity index (χ0) is 24.0. The van der Waals surface area contributed by atoms with Gasteiger partial charge in [0.25, 0.3) is 0 Å². The zero-order valence-corrected chi connectivity index (χ0v) is 19.5. The van der Waals surface area contributed by atoms with E-state index in [-0.39, 0.29) is 36.8 Å². The van der Waals surface area contributed by atoms with Crippen LogP contribution in [0, 0.1) is 11.3 Å². The standard InChI is InChI=1S/C27H30N2O5/c1-27(2)15-29(24(27)25(31)32)23(30)13-22(16-11-12-16)28-26(33)34-14-21-19-9-5-3-7-17(19)18-8-4-6-10-20(18)21/h3-10,16,21-22,24H,11-15H2,1-2H3,(H,28,33)(H,31,32). The topological polar surface area (TPSA) is 95.9 Å². The van der Waals surface area contributed by atoms with Crippen molar-refractivity contribution in [3.05, 3.63) is 59.7 Å². The van der Waals surface area contributed by atoms with Gasteiger partial charge in [-0.2, -0.15) is 0 Å². The van der Waals surface area contributed by atoms with E-state index < -0.39 is 23.5 Å². The number of ether oxygens (including phenoxy) is 1. The first-order chi connectivity index (χ1) is 16.3. The highest BCUT2D eigenvalue weighted by atomic mass is 16.5. The maximum atomic E-state index is 12.9. The summed E-state index contributed by atoms with van der Waals surface area (Å²) in [5.74, 6) is -1.03. The maximum Gasteiger partial charge on any atom is 0.407 e. The summed E-state index contributed by atoms with van der Waals surface area (Å²) in [6.07, 6.45) is 1.44. The molecule has 2 aromatic rings. The molecule has 2 N–H and O–H groups in total. The Hall–Kier alpha value is -3.35. The molecule has 1 aliphatic heterocycles.